The summed E-state index contributed by atoms with van der Waals surface area (Å²) < 4.78 is 0. The lowest BCUT2D eigenvalue weighted by Crippen LogP contribution is -2.74. The summed E-state index contributed by atoms with van der Waals surface area (Å²) in [5.74, 6) is -10.4. The van der Waals surface area contributed by atoms with Crippen LogP contribution in [-0.2, 0) is 32.1 Å². The van der Waals surface area contributed by atoms with Crippen LogP contribution in [0, 0.1) is 23.7 Å². The number of rotatable bonds is 5. The van der Waals surface area contributed by atoms with Gasteiger partial charge in [0.25, 0.3) is 0 Å². The summed E-state index contributed by atoms with van der Waals surface area (Å²) in [6.07, 6.45) is 0.241. The molecule has 1 aromatic carbocycles. The van der Waals surface area contributed by atoms with Crippen molar-refractivity contribution in [2.45, 2.75) is 57.3 Å². The Hall–Kier alpha value is -3.15. The van der Waals surface area contributed by atoms with E-state index in [9.17, 15) is 34.2 Å². The lowest BCUT2D eigenvalue weighted by atomic mass is 9.52. The average Bonchev–Trinajstić information content (AvgIpc) is 2.79. The standard InChI is InChI=1S/C28H38N4O7/c1-27(2,3)30-11-13-10-16(31(4)5)14-8-12-9-15-20(32(6)7)23(35)19(26(29)38)25(37)28(15,39)24(36)17(12)22(34)18(14)21(13)33/h10,12,15,17,19-20,30,33,39H,8-9,11H2,1-7H3,(H2,29,38)/t12-,15-,17?,19?,20?,28-/m1/s1. The Morgan fingerprint density at radius 3 is 2.26 bits per heavy atom. The van der Waals surface area contributed by atoms with Crippen LogP contribution >= 0.6 is 0 Å². The molecule has 6 atom stereocenters. The van der Waals surface area contributed by atoms with Gasteiger partial charge in [-0.25, -0.2) is 0 Å². The predicted molar refractivity (Wildman–Crippen MR) is 142 cm³/mol. The van der Waals surface area contributed by atoms with Crippen molar-refractivity contribution in [3.8, 4) is 5.75 Å². The third-order valence-corrected chi connectivity index (χ3v) is 8.41. The highest BCUT2D eigenvalue weighted by molar-refractivity contribution is 6.32. The minimum absolute atomic E-state index is 0.00138. The number of hydrogen-bond donors (Lipinski definition) is 4. The fourth-order valence-corrected chi connectivity index (χ4v) is 6.60. The Morgan fingerprint density at radius 1 is 1.13 bits per heavy atom. The van der Waals surface area contributed by atoms with Gasteiger partial charge in [0.1, 0.15) is 5.75 Å². The number of hydrogen-bond acceptors (Lipinski definition) is 10. The number of fused-ring (bicyclic) bond motifs is 3. The van der Waals surface area contributed by atoms with Crippen LogP contribution in [0.4, 0.5) is 5.69 Å². The number of aliphatic hydroxyl groups is 1. The molecule has 5 N–H and O–H groups in total. The number of phenols is 1. The second-order valence-corrected chi connectivity index (χ2v) is 12.5. The molecule has 2 saturated carbocycles. The number of carbonyl (C=O) groups excluding carboxylic acids is 5. The van der Waals surface area contributed by atoms with Gasteiger partial charge in [-0.1, -0.05) is 0 Å². The molecule has 3 aliphatic carbocycles. The molecule has 0 radical (unpaired) electrons. The molecule has 0 bridgehead atoms. The molecule has 39 heavy (non-hydrogen) atoms. The summed E-state index contributed by atoms with van der Waals surface area (Å²) in [6.45, 7) is 6.16. The summed E-state index contributed by atoms with van der Waals surface area (Å²) >= 11 is 0. The van der Waals surface area contributed by atoms with E-state index >= 15 is 0 Å². The van der Waals surface area contributed by atoms with Crippen LogP contribution in [0.15, 0.2) is 6.07 Å². The number of primary amides is 1. The van der Waals surface area contributed by atoms with E-state index in [0.29, 0.717) is 16.8 Å². The van der Waals surface area contributed by atoms with Crippen LogP contribution in [-0.4, -0.2) is 89.5 Å². The third kappa shape index (κ3) is 4.36. The maximum Gasteiger partial charge on any atom is 0.235 e. The average molecular weight is 543 g/mol. The number of aromatic hydroxyl groups is 1. The van der Waals surface area contributed by atoms with Gasteiger partial charge in [0.2, 0.25) is 5.91 Å². The molecule has 0 heterocycles. The molecule has 11 nitrogen and oxygen atoms in total. The summed E-state index contributed by atoms with van der Waals surface area (Å²) in [5, 5.41) is 26.3. The van der Waals surface area contributed by atoms with Crippen molar-refractivity contribution in [2.24, 2.45) is 29.4 Å². The number of nitrogens with zero attached hydrogens (tertiary/aromatic N) is 2. The monoisotopic (exact) mass is 542 g/mol. The molecule has 0 saturated heterocycles. The van der Waals surface area contributed by atoms with Crippen molar-refractivity contribution in [1.29, 1.82) is 0 Å². The van der Waals surface area contributed by atoms with Crippen molar-refractivity contribution < 1.29 is 34.2 Å². The van der Waals surface area contributed by atoms with E-state index in [1.165, 1.54) is 4.90 Å². The number of nitrogens with one attached hydrogen (secondary N) is 1. The number of nitrogens with two attached hydrogens (primary N) is 1. The molecule has 4 rings (SSSR count). The molecule has 1 amide bonds. The summed E-state index contributed by atoms with van der Waals surface area (Å²) in [6, 6.07) is 0.689. The van der Waals surface area contributed by atoms with Crippen LogP contribution < -0.4 is 16.0 Å². The number of ketones is 4. The highest BCUT2D eigenvalue weighted by Gasteiger charge is 2.69. The van der Waals surface area contributed by atoms with Crippen molar-refractivity contribution >= 4 is 34.7 Å². The Kier molecular flexibility index (Phi) is 7.02. The minimum atomic E-state index is -2.73. The van der Waals surface area contributed by atoms with Gasteiger partial charge in [-0.2, -0.15) is 0 Å². The molecule has 1 aromatic rings. The molecule has 11 heteroatoms. The lowest BCUT2D eigenvalue weighted by Gasteiger charge is -2.52. The first-order valence-corrected chi connectivity index (χ1v) is 13.1. The van der Waals surface area contributed by atoms with Gasteiger partial charge in [0.15, 0.2) is 34.7 Å². The molecule has 2 fully saturated rings. The maximum absolute atomic E-state index is 14.0. The minimum Gasteiger partial charge on any atom is -0.507 e. The van der Waals surface area contributed by atoms with Crippen LogP contribution in [0.2, 0.25) is 0 Å². The number of amides is 1. The first kappa shape index (κ1) is 28.8. The van der Waals surface area contributed by atoms with Gasteiger partial charge in [-0.05, 0) is 65.3 Å². The van der Waals surface area contributed by atoms with E-state index in [4.69, 9.17) is 5.73 Å². The second kappa shape index (κ2) is 9.50. The van der Waals surface area contributed by atoms with Gasteiger partial charge in [-0.3, -0.25) is 28.9 Å². The largest absolute Gasteiger partial charge is 0.507 e. The van der Waals surface area contributed by atoms with Gasteiger partial charge in [0, 0.05) is 43.3 Å². The number of anilines is 1. The van der Waals surface area contributed by atoms with Crippen LogP contribution in [0.5, 0.6) is 5.75 Å². The number of benzene rings is 1. The molecule has 3 unspecified atom stereocenters. The molecule has 3 aliphatic rings. The van der Waals surface area contributed by atoms with Gasteiger partial charge in [-0.15, -0.1) is 0 Å². The Balaban J connectivity index is 1.87. The lowest BCUT2D eigenvalue weighted by molar-refractivity contribution is -0.181. The Morgan fingerprint density at radius 2 is 1.74 bits per heavy atom. The van der Waals surface area contributed by atoms with Crippen molar-refractivity contribution in [2.75, 3.05) is 33.1 Å². The molecule has 0 aliphatic heterocycles. The van der Waals surface area contributed by atoms with E-state index < -0.39 is 64.4 Å². The highest BCUT2D eigenvalue weighted by Crippen LogP contribution is 2.52. The van der Waals surface area contributed by atoms with Crippen molar-refractivity contribution in [3.05, 3.63) is 22.8 Å². The second-order valence-electron chi connectivity index (χ2n) is 12.5. The van der Waals surface area contributed by atoms with Crippen molar-refractivity contribution in [3.63, 3.8) is 0 Å². The maximum atomic E-state index is 14.0. The van der Waals surface area contributed by atoms with Crippen LogP contribution in [0.25, 0.3) is 0 Å². The zero-order valence-corrected chi connectivity index (χ0v) is 23.5. The van der Waals surface area contributed by atoms with Gasteiger partial charge < -0.3 is 26.2 Å². The normalized spacial score (nSPS) is 30.6. The number of carbonyl (C=O) groups is 5. The fourth-order valence-electron chi connectivity index (χ4n) is 6.60. The predicted octanol–water partition coefficient (Wildman–Crippen LogP) is -0.179. The van der Waals surface area contributed by atoms with E-state index in [-0.39, 0.29) is 36.2 Å². The van der Waals surface area contributed by atoms with E-state index in [0.717, 1.165) is 0 Å². The Labute approximate surface area is 227 Å². The first-order valence-electron chi connectivity index (χ1n) is 13.1. The highest BCUT2D eigenvalue weighted by atomic mass is 16.3. The topological polar surface area (TPSA) is 170 Å². The molecule has 212 valence electrons. The summed E-state index contributed by atoms with van der Waals surface area (Å²) in [5.41, 5.74) is 4.12. The molecular weight excluding hydrogens is 504 g/mol. The number of likely N-dealkylation sites (N-methyl/N-ethyl adjacent to an activating group) is 1. The third-order valence-electron chi connectivity index (χ3n) is 8.41. The molecular formula is C28H38N4O7. The molecule has 0 aromatic heterocycles. The number of phenolic OH excluding ortho intramolecular Hbond substituents is 1. The van der Waals surface area contributed by atoms with E-state index in [1.807, 2.05) is 45.8 Å². The quantitative estimate of drug-likeness (QED) is 0.366. The first-order chi connectivity index (χ1) is 17.9. The van der Waals surface area contributed by atoms with Gasteiger partial charge >= 0.3 is 0 Å². The van der Waals surface area contributed by atoms with Crippen LogP contribution in [0.1, 0.15) is 48.7 Å². The fraction of sp³-hybridized carbons (Fsp3) is 0.607. The van der Waals surface area contributed by atoms with Crippen molar-refractivity contribution in [1.82, 2.24) is 10.2 Å². The van der Waals surface area contributed by atoms with Gasteiger partial charge in [0.05, 0.1) is 17.5 Å². The summed E-state index contributed by atoms with van der Waals surface area (Å²) in [4.78, 5) is 70.0. The van der Waals surface area contributed by atoms with E-state index in [1.54, 1.807) is 14.1 Å². The zero-order valence-electron chi connectivity index (χ0n) is 23.5. The smallest absolute Gasteiger partial charge is 0.235 e. The SMILES string of the molecule is CN(C)c1cc(CNC(C)(C)C)c(O)c2c1C[C@@H]1C[C@@H]3C(N(C)C)C(=O)C(C(N)=O)C(=O)[C@]3(O)C(=O)C1C2=O. The molecule has 0 spiro atoms. The zero-order chi connectivity index (χ0) is 29.4. The van der Waals surface area contributed by atoms with E-state index in [2.05, 4.69) is 5.32 Å². The Bertz CT molecular complexity index is 1280. The summed E-state index contributed by atoms with van der Waals surface area (Å²) in [7, 11) is 6.76. The van der Waals surface area contributed by atoms with Crippen LogP contribution in [0.3, 0.4) is 0 Å². The number of Topliss-reactive ketones (excluding diaryl/α,β-unsaturated/α-hetero) is 4.